The Hall–Kier alpha value is -0.410. The molecule has 0 aromatic rings. The smallest absolute Gasteiger partial charge is 0.141 e. The molecule has 0 amide bonds. The molecule has 4 heteroatoms. The van der Waals surface area contributed by atoms with E-state index in [-0.39, 0.29) is 11.2 Å². The van der Waals surface area contributed by atoms with E-state index < -0.39 is 0 Å². The lowest BCUT2D eigenvalue weighted by molar-refractivity contribution is 0.383. The second-order valence-corrected chi connectivity index (χ2v) is 4.78. The van der Waals surface area contributed by atoms with Crippen LogP contribution in [0.1, 0.15) is 19.3 Å². The molecule has 84 valence electrons. The molecule has 2 aliphatic rings. The highest BCUT2D eigenvalue weighted by Crippen LogP contribution is 2.22. The summed E-state index contributed by atoms with van der Waals surface area (Å²) >= 11 is 5.79. The molecule has 0 spiro atoms. The van der Waals surface area contributed by atoms with Crippen molar-refractivity contribution < 1.29 is 4.39 Å². The third-order valence-corrected chi connectivity index (χ3v) is 3.26. The zero-order chi connectivity index (χ0) is 10.7. The summed E-state index contributed by atoms with van der Waals surface area (Å²) in [7, 11) is 0. The molecule has 2 aliphatic heterocycles. The van der Waals surface area contributed by atoms with Gasteiger partial charge in [-0.05, 0) is 44.3 Å². The van der Waals surface area contributed by atoms with Gasteiger partial charge in [-0.1, -0.05) is 0 Å². The summed E-state index contributed by atoms with van der Waals surface area (Å²) in [6.45, 7) is 2.61. The molecular formula is C11H16ClFN2. The Labute approximate surface area is 94.6 Å². The van der Waals surface area contributed by atoms with E-state index in [9.17, 15) is 4.39 Å². The average Bonchev–Trinajstić information content (AvgIpc) is 2.24. The third kappa shape index (κ3) is 3.02. The SMILES string of the molecule is FC1=CC(Cl)CN=C1CC1CCNCC1. The van der Waals surface area contributed by atoms with Crippen molar-refractivity contribution in [3.05, 3.63) is 11.9 Å². The first-order valence-corrected chi connectivity index (χ1v) is 5.95. The number of alkyl halides is 1. The topological polar surface area (TPSA) is 24.4 Å². The predicted octanol–water partition coefficient (Wildman–Crippen LogP) is 2.29. The van der Waals surface area contributed by atoms with Crippen molar-refractivity contribution in [1.29, 1.82) is 0 Å². The monoisotopic (exact) mass is 230 g/mol. The van der Waals surface area contributed by atoms with Crippen LogP contribution in [0.15, 0.2) is 16.9 Å². The van der Waals surface area contributed by atoms with Gasteiger partial charge in [-0.3, -0.25) is 4.99 Å². The van der Waals surface area contributed by atoms with Crippen LogP contribution in [0.3, 0.4) is 0 Å². The highest BCUT2D eigenvalue weighted by Gasteiger charge is 2.20. The van der Waals surface area contributed by atoms with Gasteiger partial charge in [-0.15, -0.1) is 11.6 Å². The van der Waals surface area contributed by atoms with Gasteiger partial charge in [0.15, 0.2) is 0 Å². The molecular weight excluding hydrogens is 215 g/mol. The maximum absolute atomic E-state index is 13.5. The lowest BCUT2D eigenvalue weighted by Crippen LogP contribution is -2.29. The van der Waals surface area contributed by atoms with Crippen LogP contribution in [0.5, 0.6) is 0 Å². The molecule has 0 saturated carbocycles. The molecule has 15 heavy (non-hydrogen) atoms. The minimum atomic E-state index is -0.262. The van der Waals surface area contributed by atoms with Gasteiger partial charge in [0.2, 0.25) is 0 Å². The van der Waals surface area contributed by atoms with Crippen LogP contribution >= 0.6 is 11.6 Å². The quantitative estimate of drug-likeness (QED) is 0.724. The fourth-order valence-corrected chi connectivity index (χ4v) is 2.28. The number of halogens is 2. The molecule has 2 rings (SSSR count). The van der Waals surface area contributed by atoms with Gasteiger partial charge in [0.25, 0.3) is 0 Å². The third-order valence-electron chi connectivity index (χ3n) is 3.00. The van der Waals surface area contributed by atoms with Gasteiger partial charge < -0.3 is 5.32 Å². The summed E-state index contributed by atoms with van der Waals surface area (Å²) in [6, 6.07) is 0. The Morgan fingerprint density at radius 3 is 2.87 bits per heavy atom. The van der Waals surface area contributed by atoms with Crippen molar-refractivity contribution in [2.45, 2.75) is 24.6 Å². The summed E-state index contributed by atoms with van der Waals surface area (Å²) in [5.74, 6) is 0.371. The molecule has 0 aliphatic carbocycles. The fraction of sp³-hybridized carbons (Fsp3) is 0.727. The van der Waals surface area contributed by atoms with Crippen molar-refractivity contribution in [2.24, 2.45) is 10.9 Å². The van der Waals surface area contributed by atoms with Gasteiger partial charge in [0.05, 0.1) is 17.6 Å². The number of hydrogen-bond donors (Lipinski definition) is 1. The highest BCUT2D eigenvalue weighted by molar-refractivity contribution is 6.23. The van der Waals surface area contributed by atoms with Crippen LogP contribution in [0.4, 0.5) is 4.39 Å². The number of aliphatic imine (C=N–C) groups is 1. The lowest BCUT2D eigenvalue weighted by atomic mass is 9.91. The Morgan fingerprint density at radius 2 is 2.20 bits per heavy atom. The summed E-state index contributed by atoms with van der Waals surface area (Å²) < 4.78 is 13.5. The van der Waals surface area contributed by atoms with Crippen LogP contribution < -0.4 is 5.32 Å². The van der Waals surface area contributed by atoms with E-state index in [0.717, 1.165) is 32.4 Å². The first-order valence-electron chi connectivity index (χ1n) is 5.51. The van der Waals surface area contributed by atoms with E-state index in [4.69, 9.17) is 11.6 Å². The number of nitrogens with one attached hydrogen (secondary N) is 1. The molecule has 1 atom stereocenters. The second-order valence-electron chi connectivity index (χ2n) is 4.22. The molecule has 0 aromatic carbocycles. The zero-order valence-corrected chi connectivity index (χ0v) is 9.43. The maximum atomic E-state index is 13.5. The first-order chi connectivity index (χ1) is 7.25. The molecule has 0 radical (unpaired) electrons. The van der Waals surface area contributed by atoms with Gasteiger partial charge in [-0.2, -0.15) is 0 Å². The Morgan fingerprint density at radius 1 is 1.47 bits per heavy atom. The van der Waals surface area contributed by atoms with E-state index in [1.54, 1.807) is 0 Å². The summed E-state index contributed by atoms with van der Waals surface area (Å²) in [5.41, 5.74) is 0.624. The highest BCUT2D eigenvalue weighted by atomic mass is 35.5. The first kappa shape index (κ1) is 11.1. The Kier molecular flexibility index (Phi) is 3.76. The maximum Gasteiger partial charge on any atom is 0.141 e. The van der Waals surface area contributed by atoms with Crippen molar-refractivity contribution in [2.75, 3.05) is 19.6 Å². The van der Waals surface area contributed by atoms with Crippen LogP contribution in [-0.2, 0) is 0 Å². The van der Waals surface area contributed by atoms with E-state index in [1.165, 1.54) is 6.08 Å². The van der Waals surface area contributed by atoms with Crippen molar-refractivity contribution in [1.82, 2.24) is 5.32 Å². The molecule has 1 N–H and O–H groups in total. The van der Waals surface area contributed by atoms with Crippen LogP contribution in [0.25, 0.3) is 0 Å². The standard InChI is InChI=1S/C11H16ClFN2/c12-9-6-10(13)11(15-7-9)5-8-1-3-14-4-2-8/h6,8-9,14H,1-5,7H2. The van der Waals surface area contributed by atoms with E-state index in [1.807, 2.05) is 0 Å². The van der Waals surface area contributed by atoms with E-state index in [0.29, 0.717) is 18.2 Å². The molecule has 1 fully saturated rings. The van der Waals surface area contributed by atoms with Crippen LogP contribution in [0.2, 0.25) is 0 Å². The van der Waals surface area contributed by atoms with Crippen LogP contribution in [-0.4, -0.2) is 30.7 Å². The number of dihydropyridines is 1. The fourth-order valence-electron chi connectivity index (χ4n) is 2.10. The molecule has 2 heterocycles. The average molecular weight is 231 g/mol. The molecule has 1 saturated heterocycles. The number of piperidine rings is 1. The van der Waals surface area contributed by atoms with Gasteiger partial charge in [0, 0.05) is 0 Å². The predicted molar refractivity (Wildman–Crippen MR) is 61.3 cm³/mol. The zero-order valence-electron chi connectivity index (χ0n) is 8.68. The van der Waals surface area contributed by atoms with Crippen LogP contribution in [0, 0.1) is 5.92 Å². The minimum Gasteiger partial charge on any atom is -0.317 e. The normalized spacial score (nSPS) is 28.5. The summed E-state index contributed by atoms with van der Waals surface area (Å²) in [6.07, 6.45) is 4.49. The van der Waals surface area contributed by atoms with E-state index in [2.05, 4.69) is 10.3 Å². The number of hydrogen-bond acceptors (Lipinski definition) is 2. The lowest BCUT2D eigenvalue weighted by Gasteiger charge is -2.23. The Bertz CT molecular complexity index is 282. The van der Waals surface area contributed by atoms with Gasteiger partial charge in [0.1, 0.15) is 5.83 Å². The van der Waals surface area contributed by atoms with Gasteiger partial charge in [-0.25, -0.2) is 4.39 Å². The number of allylic oxidation sites excluding steroid dienone is 1. The van der Waals surface area contributed by atoms with Crippen molar-refractivity contribution in [3.63, 3.8) is 0 Å². The molecule has 0 aromatic heterocycles. The molecule has 0 bridgehead atoms. The summed E-state index contributed by atoms with van der Waals surface area (Å²) in [5, 5.41) is 3.04. The number of rotatable bonds is 2. The minimum absolute atomic E-state index is 0.209. The van der Waals surface area contributed by atoms with Crippen molar-refractivity contribution >= 4 is 17.3 Å². The largest absolute Gasteiger partial charge is 0.317 e. The second kappa shape index (κ2) is 5.08. The van der Waals surface area contributed by atoms with E-state index >= 15 is 0 Å². The molecule has 2 nitrogen and oxygen atoms in total. The Balaban J connectivity index is 1.91. The molecule has 1 unspecified atom stereocenters. The van der Waals surface area contributed by atoms with Crippen molar-refractivity contribution in [3.8, 4) is 0 Å². The number of nitrogens with zero attached hydrogens (tertiary/aromatic N) is 1. The van der Waals surface area contributed by atoms with Gasteiger partial charge >= 0.3 is 0 Å². The summed E-state index contributed by atoms with van der Waals surface area (Å²) in [4.78, 5) is 4.21.